The molecule has 2 nitrogen and oxygen atoms in total. The van der Waals surface area contributed by atoms with Gasteiger partial charge in [0, 0.05) is 36.0 Å². The first-order valence-electron chi connectivity index (χ1n) is 4.18. The van der Waals surface area contributed by atoms with Gasteiger partial charge in [0.1, 0.15) is 0 Å². The van der Waals surface area contributed by atoms with Crippen LogP contribution in [0.5, 0.6) is 0 Å². The average Bonchev–Trinajstić information content (AvgIpc) is 2.13. The molecule has 1 fully saturated rings. The molecule has 3 heteroatoms. The van der Waals surface area contributed by atoms with E-state index in [-0.39, 0.29) is 0 Å². The van der Waals surface area contributed by atoms with Crippen LogP contribution in [0.1, 0.15) is 13.8 Å². The molecular formula is C8H16INO. The second-order valence-electron chi connectivity index (χ2n) is 3.45. The maximum absolute atomic E-state index is 5.49. The van der Waals surface area contributed by atoms with Crippen molar-refractivity contribution in [3.63, 3.8) is 0 Å². The van der Waals surface area contributed by atoms with Gasteiger partial charge in [0.15, 0.2) is 0 Å². The molecule has 0 aliphatic carbocycles. The van der Waals surface area contributed by atoms with Gasteiger partial charge in [-0.05, 0) is 11.8 Å². The maximum Gasteiger partial charge on any atom is 0.0601 e. The third kappa shape index (κ3) is 3.25. The zero-order chi connectivity index (χ0) is 8.27. The molecule has 0 aromatic heterocycles. The van der Waals surface area contributed by atoms with E-state index in [0.29, 0.717) is 0 Å². The lowest BCUT2D eigenvalue weighted by Gasteiger charge is -2.20. The highest BCUT2D eigenvalue weighted by molar-refractivity contribution is 14.1. The highest BCUT2D eigenvalue weighted by atomic mass is 127. The van der Waals surface area contributed by atoms with Crippen molar-refractivity contribution >= 4 is 22.9 Å². The second-order valence-corrected chi connectivity index (χ2v) is 4.81. The van der Waals surface area contributed by atoms with Gasteiger partial charge < -0.3 is 4.74 Å². The normalized spacial score (nSPS) is 28.9. The standard InChI is InChI=1S/C8H16INO/c1-7(2)8-5-10(9)3-4-11-6-8/h7-8H,3-6H2,1-2H3. The van der Waals surface area contributed by atoms with Gasteiger partial charge in [-0.3, -0.25) is 0 Å². The molecule has 0 aromatic rings. The Bertz CT molecular complexity index is 119. The molecule has 0 bridgehead atoms. The largest absolute Gasteiger partial charge is 0.380 e. The summed E-state index contributed by atoms with van der Waals surface area (Å²) in [6.45, 7) is 8.62. The first-order valence-corrected chi connectivity index (χ1v) is 5.15. The molecule has 0 spiro atoms. The lowest BCUT2D eigenvalue weighted by Crippen LogP contribution is -2.24. The van der Waals surface area contributed by atoms with Gasteiger partial charge in [-0.15, -0.1) is 0 Å². The monoisotopic (exact) mass is 269 g/mol. The fraction of sp³-hybridized carbons (Fsp3) is 1.00. The molecule has 1 aliphatic heterocycles. The molecule has 1 atom stereocenters. The van der Waals surface area contributed by atoms with Crippen LogP contribution in [0.15, 0.2) is 0 Å². The van der Waals surface area contributed by atoms with E-state index in [9.17, 15) is 0 Å². The SMILES string of the molecule is CC(C)C1COCCN(I)C1. The molecule has 66 valence electrons. The highest BCUT2D eigenvalue weighted by Crippen LogP contribution is 2.17. The summed E-state index contributed by atoms with van der Waals surface area (Å²) in [6, 6.07) is 0. The van der Waals surface area contributed by atoms with Crippen LogP contribution in [0.4, 0.5) is 0 Å². The number of rotatable bonds is 1. The Balaban J connectivity index is 2.39. The third-order valence-corrected chi connectivity index (χ3v) is 3.06. The zero-order valence-electron chi connectivity index (χ0n) is 7.22. The molecule has 0 N–H and O–H groups in total. The number of hydrogen-bond acceptors (Lipinski definition) is 2. The van der Waals surface area contributed by atoms with E-state index in [0.717, 1.165) is 31.6 Å². The Kier molecular flexibility index (Phi) is 4.09. The Morgan fingerprint density at radius 2 is 2.27 bits per heavy atom. The van der Waals surface area contributed by atoms with Gasteiger partial charge in [0.25, 0.3) is 0 Å². The summed E-state index contributed by atoms with van der Waals surface area (Å²) < 4.78 is 7.82. The predicted molar refractivity (Wildman–Crippen MR) is 54.7 cm³/mol. The minimum absolute atomic E-state index is 0.717. The van der Waals surface area contributed by atoms with Crippen LogP contribution >= 0.6 is 22.9 Å². The number of halogens is 1. The summed E-state index contributed by atoms with van der Waals surface area (Å²) in [7, 11) is 0. The summed E-state index contributed by atoms with van der Waals surface area (Å²) in [5.41, 5.74) is 0. The molecule has 0 aromatic carbocycles. The van der Waals surface area contributed by atoms with Gasteiger partial charge in [-0.2, -0.15) is 0 Å². The van der Waals surface area contributed by atoms with Crippen molar-refractivity contribution in [1.82, 2.24) is 3.11 Å². The number of ether oxygens (including phenoxy) is 1. The first kappa shape index (κ1) is 9.74. The Labute approximate surface area is 82.8 Å². The van der Waals surface area contributed by atoms with Gasteiger partial charge in [0.2, 0.25) is 0 Å². The van der Waals surface area contributed by atoms with E-state index in [1.165, 1.54) is 6.54 Å². The van der Waals surface area contributed by atoms with Gasteiger partial charge in [0.05, 0.1) is 13.2 Å². The number of hydrogen-bond donors (Lipinski definition) is 0. The molecule has 0 radical (unpaired) electrons. The van der Waals surface area contributed by atoms with Gasteiger partial charge in [-0.25, -0.2) is 3.11 Å². The molecule has 1 aliphatic rings. The minimum atomic E-state index is 0.717. The smallest absolute Gasteiger partial charge is 0.0601 e. The third-order valence-electron chi connectivity index (χ3n) is 2.19. The molecule has 0 saturated carbocycles. The van der Waals surface area contributed by atoms with Gasteiger partial charge in [-0.1, -0.05) is 13.8 Å². The van der Waals surface area contributed by atoms with Crippen molar-refractivity contribution < 1.29 is 4.74 Å². The minimum Gasteiger partial charge on any atom is -0.380 e. The van der Waals surface area contributed by atoms with Crippen LogP contribution in [0.25, 0.3) is 0 Å². The summed E-state index contributed by atoms with van der Waals surface area (Å²) in [4.78, 5) is 0. The van der Waals surface area contributed by atoms with Crippen molar-refractivity contribution in [3.8, 4) is 0 Å². The highest BCUT2D eigenvalue weighted by Gasteiger charge is 2.19. The lowest BCUT2D eigenvalue weighted by atomic mass is 9.97. The van der Waals surface area contributed by atoms with Crippen molar-refractivity contribution in [2.24, 2.45) is 11.8 Å². The zero-order valence-corrected chi connectivity index (χ0v) is 9.37. The van der Waals surface area contributed by atoms with Crippen LogP contribution in [-0.4, -0.2) is 29.4 Å². The summed E-state index contributed by atoms with van der Waals surface area (Å²) in [5.74, 6) is 1.46. The molecular weight excluding hydrogens is 253 g/mol. The van der Waals surface area contributed by atoms with E-state index in [2.05, 4.69) is 39.8 Å². The predicted octanol–water partition coefficient (Wildman–Crippen LogP) is 1.94. The molecule has 0 amide bonds. The Morgan fingerprint density at radius 1 is 1.55 bits per heavy atom. The lowest BCUT2D eigenvalue weighted by molar-refractivity contribution is 0.108. The second kappa shape index (κ2) is 4.62. The van der Waals surface area contributed by atoms with Crippen molar-refractivity contribution in [2.45, 2.75) is 13.8 Å². The van der Waals surface area contributed by atoms with Crippen LogP contribution in [0, 0.1) is 11.8 Å². The maximum atomic E-state index is 5.49. The quantitative estimate of drug-likeness (QED) is 0.533. The van der Waals surface area contributed by atoms with Crippen LogP contribution in [0.2, 0.25) is 0 Å². The molecule has 1 saturated heterocycles. The van der Waals surface area contributed by atoms with E-state index in [1.54, 1.807) is 0 Å². The Morgan fingerprint density at radius 3 is 2.91 bits per heavy atom. The van der Waals surface area contributed by atoms with Crippen molar-refractivity contribution in [3.05, 3.63) is 0 Å². The van der Waals surface area contributed by atoms with E-state index in [4.69, 9.17) is 4.74 Å². The van der Waals surface area contributed by atoms with Crippen molar-refractivity contribution in [2.75, 3.05) is 26.3 Å². The van der Waals surface area contributed by atoms with Gasteiger partial charge >= 0.3 is 0 Å². The van der Waals surface area contributed by atoms with Crippen LogP contribution in [-0.2, 0) is 4.74 Å². The van der Waals surface area contributed by atoms with E-state index >= 15 is 0 Å². The average molecular weight is 269 g/mol. The fourth-order valence-electron chi connectivity index (χ4n) is 1.20. The summed E-state index contributed by atoms with van der Waals surface area (Å²) in [6.07, 6.45) is 0. The summed E-state index contributed by atoms with van der Waals surface area (Å²) >= 11 is 2.38. The fourth-order valence-corrected chi connectivity index (χ4v) is 1.90. The van der Waals surface area contributed by atoms with Crippen LogP contribution < -0.4 is 0 Å². The van der Waals surface area contributed by atoms with Crippen molar-refractivity contribution in [1.29, 1.82) is 0 Å². The molecule has 1 unspecified atom stereocenters. The number of nitrogens with zero attached hydrogens (tertiary/aromatic N) is 1. The molecule has 11 heavy (non-hydrogen) atoms. The molecule has 1 rings (SSSR count). The summed E-state index contributed by atoms with van der Waals surface area (Å²) in [5, 5.41) is 0. The first-order chi connectivity index (χ1) is 5.20. The molecule has 1 heterocycles. The van der Waals surface area contributed by atoms with E-state index in [1.807, 2.05) is 0 Å². The topological polar surface area (TPSA) is 12.5 Å². The Hall–Kier alpha value is 0.650. The van der Waals surface area contributed by atoms with E-state index < -0.39 is 0 Å². The van der Waals surface area contributed by atoms with Crippen LogP contribution in [0.3, 0.4) is 0 Å².